The zero-order valence-corrected chi connectivity index (χ0v) is 10.4. The molecule has 0 aromatic carbocycles. The molecule has 0 bridgehead atoms. The van der Waals surface area contributed by atoms with Crippen LogP contribution in [0.4, 0.5) is 0 Å². The van der Waals surface area contributed by atoms with Crippen molar-refractivity contribution >= 4 is 0 Å². The highest BCUT2D eigenvalue weighted by Crippen LogP contribution is 2.27. The lowest BCUT2D eigenvalue weighted by molar-refractivity contribution is 0.192. The van der Waals surface area contributed by atoms with E-state index in [0.717, 1.165) is 37.6 Å². The van der Waals surface area contributed by atoms with E-state index in [-0.39, 0.29) is 0 Å². The Kier molecular flexibility index (Phi) is 3.75. The van der Waals surface area contributed by atoms with Crippen molar-refractivity contribution in [2.24, 2.45) is 5.92 Å². The fourth-order valence-electron chi connectivity index (χ4n) is 2.23. The minimum atomic E-state index is 0.337. The molecule has 92 valence electrons. The van der Waals surface area contributed by atoms with Crippen molar-refractivity contribution in [3.05, 3.63) is 11.4 Å². The van der Waals surface area contributed by atoms with Gasteiger partial charge in [-0.05, 0) is 12.3 Å². The molecule has 2 heterocycles. The summed E-state index contributed by atoms with van der Waals surface area (Å²) in [6.07, 6.45) is 1.34. The molecule has 1 atom stereocenters. The molecule has 0 aliphatic carbocycles. The van der Waals surface area contributed by atoms with Crippen LogP contribution >= 0.6 is 0 Å². The molecule has 5 nitrogen and oxygen atoms in total. The number of aromatic nitrogens is 3. The zero-order valence-electron chi connectivity index (χ0n) is 10.4. The second-order valence-electron chi connectivity index (χ2n) is 4.89. The summed E-state index contributed by atoms with van der Waals surface area (Å²) in [6.45, 7) is 6.68. The van der Waals surface area contributed by atoms with Crippen LogP contribution < -0.4 is 0 Å². The van der Waals surface area contributed by atoms with Gasteiger partial charge in [0.15, 0.2) is 0 Å². The number of nitrogens with zero attached hydrogens (tertiary/aromatic N) is 4. The molecule has 2 rings (SSSR count). The molecule has 1 aliphatic rings. The molecular formula is C12H18N4O. The van der Waals surface area contributed by atoms with Gasteiger partial charge in [0.2, 0.25) is 0 Å². The average molecular weight is 234 g/mol. The molecule has 17 heavy (non-hydrogen) atoms. The molecule has 1 fully saturated rings. The lowest BCUT2D eigenvalue weighted by atomic mass is 10.0. The van der Waals surface area contributed by atoms with E-state index in [1.165, 1.54) is 0 Å². The van der Waals surface area contributed by atoms with E-state index >= 15 is 0 Å². The van der Waals surface area contributed by atoms with Gasteiger partial charge in [0.1, 0.15) is 5.69 Å². The zero-order chi connectivity index (χ0) is 12.3. The highest BCUT2D eigenvalue weighted by molar-refractivity contribution is 5.20. The Hall–Kier alpha value is -1.41. The van der Waals surface area contributed by atoms with Gasteiger partial charge >= 0.3 is 0 Å². The van der Waals surface area contributed by atoms with Crippen LogP contribution in [-0.2, 0) is 17.7 Å². The van der Waals surface area contributed by atoms with Crippen molar-refractivity contribution in [1.82, 2.24) is 15.0 Å². The Morgan fingerprint density at radius 2 is 2.41 bits per heavy atom. The van der Waals surface area contributed by atoms with Gasteiger partial charge in [0.05, 0.1) is 24.8 Å². The Balaban J connectivity index is 2.28. The summed E-state index contributed by atoms with van der Waals surface area (Å²) < 4.78 is 7.38. The van der Waals surface area contributed by atoms with Crippen molar-refractivity contribution in [2.45, 2.75) is 39.2 Å². The molecule has 0 radical (unpaired) electrons. The van der Waals surface area contributed by atoms with Crippen LogP contribution in [0.1, 0.15) is 37.6 Å². The molecule has 0 amide bonds. The first-order chi connectivity index (χ1) is 8.22. The molecule has 1 saturated heterocycles. The quantitative estimate of drug-likeness (QED) is 0.792. The smallest absolute Gasteiger partial charge is 0.100 e. The third-order valence-electron chi connectivity index (χ3n) is 2.95. The number of nitriles is 1. The summed E-state index contributed by atoms with van der Waals surface area (Å²) in [7, 11) is 0. The van der Waals surface area contributed by atoms with E-state index in [9.17, 15) is 0 Å². The molecule has 1 aliphatic heterocycles. The summed E-state index contributed by atoms with van der Waals surface area (Å²) in [5.41, 5.74) is 1.93. The second kappa shape index (κ2) is 5.28. The monoisotopic (exact) mass is 234 g/mol. The summed E-state index contributed by atoms with van der Waals surface area (Å²) in [4.78, 5) is 0. The number of rotatable bonds is 4. The van der Waals surface area contributed by atoms with Crippen molar-refractivity contribution in [1.29, 1.82) is 5.26 Å². The van der Waals surface area contributed by atoms with Gasteiger partial charge in [-0.2, -0.15) is 5.26 Å². The number of hydrogen-bond acceptors (Lipinski definition) is 4. The van der Waals surface area contributed by atoms with E-state index in [1.807, 2.05) is 4.68 Å². The number of ether oxygens (including phenoxy) is 1. The summed E-state index contributed by atoms with van der Waals surface area (Å²) >= 11 is 0. The van der Waals surface area contributed by atoms with Crippen molar-refractivity contribution in [3.8, 4) is 6.07 Å². The Morgan fingerprint density at radius 3 is 3.00 bits per heavy atom. The van der Waals surface area contributed by atoms with Crippen LogP contribution in [-0.4, -0.2) is 28.2 Å². The standard InChI is InChI=1S/C12H18N4O/c1-9(2)7-16-12(10-4-6-17-8-10)11(3-5-13)14-15-16/h9-10H,3-4,6-8H2,1-2H3. The van der Waals surface area contributed by atoms with Crippen molar-refractivity contribution in [2.75, 3.05) is 13.2 Å². The normalized spacial score (nSPS) is 19.8. The largest absolute Gasteiger partial charge is 0.381 e. The fourth-order valence-corrected chi connectivity index (χ4v) is 2.23. The van der Waals surface area contributed by atoms with Crippen LogP contribution in [0.5, 0.6) is 0 Å². The third kappa shape index (κ3) is 2.64. The van der Waals surface area contributed by atoms with E-state index in [0.29, 0.717) is 18.3 Å². The first kappa shape index (κ1) is 12.1. The molecule has 1 unspecified atom stereocenters. The van der Waals surface area contributed by atoms with E-state index < -0.39 is 0 Å². The fraction of sp³-hybridized carbons (Fsp3) is 0.750. The summed E-state index contributed by atoms with van der Waals surface area (Å²) in [5.74, 6) is 0.875. The van der Waals surface area contributed by atoms with Crippen LogP contribution in [0.3, 0.4) is 0 Å². The lowest BCUT2D eigenvalue weighted by Gasteiger charge is -2.13. The molecule has 0 spiro atoms. The first-order valence-electron chi connectivity index (χ1n) is 6.09. The van der Waals surface area contributed by atoms with Gasteiger partial charge in [-0.1, -0.05) is 19.1 Å². The molecule has 0 saturated carbocycles. The minimum Gasteiger partial charge on any atom is -0.381 e. The van der Waals surface area contributed by atoms with Crippen molar-refractivity contribution < 1.29 is 4.74 Å². The van der Waals surface area contributed by atoms with Gasteiger partial charge in [0.25, 0.3) is 0 Å². The SMILES string of the molecule is CC(C)Cn1nnc(CC#N)c1C1CCOC1. The average Bonchev–Trinajstić information content (AvgIpc) is 2.87. The van der Waals surface area contributed by atoms with Gasteiger partial charge < -0.3 is 4.74 Å². The van der Waals surface area contributed by atoms with Crippen LogP contribution in [0, 0.1) is 17.2 Å². The maximum atomic E-state index is 8.82. The minimum absolute atomic E-state index is 0.337. The molecular weight excluding hydrogens is 216 g/mol. The highest BCUT2D eigenvalue weighted by atomic mass is 16.5. The van der Waals surface area contributed by atoms with Crippen LogP contribution in [0.2, 0.25) is 0 Å². The van der Waals surface area contributed by atoms with E-state index in [4.69, 9.17) is 10.00 Å². The molecule has 1 aromatic rings. The van der Waals surface area contributed by atoms with Gasteiger partial charge in [-0.15, -0.1) is 5.10 Å². The topological polar surface area (TPSA) is 63.7 Å². The molecule has 1 aromatic heterocycles. The van der Waals surface area contributed by atoms with Crippen LogP contribution in [0.15, 0.2) is 0 Å². The third-order valence-corrected chi connectivity index (χ3v) is 2.95. The van der Waals surface area contributed by atoms with Crippen molar-refractivity contribution in [3.63, 3.8) is 0 Å². The Labute approximate surface area is 101 Å². The Bertz CT molecular complexity index is 413. The van der Waals surface area contributed by atoms with Gasteiger partial charge in [-0.3, -0.25) is 0 Å². The maximum absolute atomic E-state index is 8.82. The van der Waals surface area contributed by atoms with Gasteiger partial charge in [-0.25, -0.2) is 4.68 Å². The summed E-state index contributed by atoms with van der Waals surface area (Å²) in [5, 5.41) is 17.1. The van der Waals surface area contributed by atoms with E-state index in [2.05, 4.69) is 30.2 Å². The highest BCUT2D eigenvalue weighted by Gasteiger charge is 2.26. The Morgan fingerprint density at radius 1 is 1.59 bits per heavy atom. The van der Waals surface area contributed by atoms with Gasteiger partial charge in [0, 0.05) is 19.1 Å². The maximum Gasteiger partial charge on any atom is 0.100 e. The predicted octanol–water partition coefficient (Wildman–Crippen LogP) is 1.50. The molecule has 5 heteroatoms. The second-order valence-corrected chi connectivity index (χ2v) is 4.89. The number of hydrogen-bond donors (Lipinski definition) is 0. The summed E-state index contributed by atoms with van der Waals surface area (Å²) in [6, 6.07) is 2.16. The van der Waals surface area contributed by atoms with Crippen LogP contribution in [0.25, 0.3) is 0 Å². The molecule has 0 N–H and O–H groups in total. The predicted molar refractivity (Wildman–Crippen MR) is 62.4 cm³/mol. The first-order valence-corrected chi connectivity index (χ1v) is 6.09. The van der Waals surface area contributed by atoms with E-state index in [1.54, 1.807) is 0 Å². The lowest BCUT2D eigenvalue weighted by Crippen LogP contribution is -2.14.